The molecule has 0 aromatic carbocycles. The first-order valence-corrected chi connectivity index (χ1v) is 10.7. The van der Waals surface area contributed by atoms with Crippen LogP contribution in [0.1, 0.15) is 39.5 Å². The lowest BCUT2D eigenvalue weighted by Crippen LogP contribution is -2.47. The maximum atomic E-state index is 12.3. The van der Waals surface area contributed by atoms with Crippen LogP contribution >= 0.6 is 24.8 Å². The highest BCUT2D eigenvalue weighted by molar-refractivity contribution is 5.85. The van der Waals surface area contributed by atoms with Gasteiger partial charge in [0.15, 0.2) is 0 Å². The lowest BCUT2D eigenvalue weighted by molar-refractivity contribution is -0.132. The molecule has 0 saturated carbocycles. The molecule has 0 bridgehead atoms. The van der Waals surface area contributed by atoms with Crippen LogP contribution in [0.3, 0.4) is 0 Å². The number of carbonyl (C=O) groups excluding carboxylic acids is 1. The molecule has 0 spiro atoms. The molecule has 0 aliphatic carbocycles. The van der Waals surface area contributed by atoms with Gasteiger partial charge in [-0.3, -0.25) is 9.69 Å². The fourth-order valence-electron chi connectivity index (χ4n) is 4.66. The van der Waals surface area contributed by atoms with Gasteiger partial charge in [-0.2, -0.15) is 0 Å². The number of ether oxygens (including phenoxy) is 1. The third-order valence-corrected chi connectivity index (χ3v) is 6.17. The van der Waals surface area contributed by atoms with E-state index in [1.54, 1.807) is 0 Å². The van der Waals surface area contributed by atoms with E-state index in [1.165, 1.54) is 25.8 Å². The van der Waals surface area contributed by atoms with Crippen molar-refractivity contribution in [3.63, 3.8) is 0 Å². The number of carbonyl (C=O) groups is 1. The molecule has 2 atom stereocenters. The topological polar surface area (TPSA) is 48.0 Å². The molecule has 166 valence electrons. The lowest BCUT2D eigenvalue weighted by Gasteiger charge is -2.37. The average Bonchev–Trinajstić information content (AvgIpc) is 2.65. The molecule has 3 rings (SSSR count). The number of likely N-dealkylation sites (tertiary alicyclic amines) is 1. The van der Waals surface area contributed by atoms with Crippen molar-refractivity contribution in [1.82, 2.24) is 20.0 Å². The summed E-state index contributed by atoms with van der Waals surface area (Å²) in [7, 11) is 0. The number of nitrogens with zero attached hydrogens (tertiary/aromatic N) is 3. The molecule has 3 heterocycles. The van der Waals surface area contributed by atoms with E-state index in [0.717, 1.165) is 64.8 Å². The summed E-state index contributed by atoms with van der Waals surface area (Å²) in [6.07, 6.45) is 5.32. The Bertz CT molecular complexity index is 434. The molecule has 3 aliphatic heterocycles. The van der Waals surface area contributed by atoms with Gasteiger partial charge in [0.1, 0.15) is 0 Å². The molecule has 6 nitrogen and oxygen atoms in total. The molecule has 1 N–H and O–H groups in total. The van der Waals surface area contributed by atoms with Crippen molar-refractivity contribution in [2.75, 3.05) is 65.4 Å². The number of hydrogen-bond acceptors (Lipinski definition) is 5. The maximum Gasteiger partial charge on any atom is 0.223 e. The Morgan fingerprint density at radius 1 is 0.929 bits per heavy atom. The van der Waals surface area contributed by atoms with Gasteiger partial charge in [0, 0.05) is 52.2 Å². The third-order valence-electron chi connectivity index (χ3n) is 6.17. The second-order valence-electron chi connectivity index (χ2n) is 8.47. The van der Waals surface area contributed by atoms with Crippen molar-refractivity contribution in [3.05, 3.63) is 0 Å². The van der Waals surface area contributed by atoms with E-state index in [1.807, 2.05) is 4.90 Å². The summed E-state index contributed by atoms with van der Waals surface area (Å²) in [5.74, 6) is 1.19. The van der Waals surface area contributed by atoms with E-state index in [2.05, 4.69) is 29.0 Å². The largest absolute Gasteiger partial charge is 0.373 e. The lowest BCUT2D eigenvalue weighted by atomic mass is 9.93. The second kappa shape index (κ2) is 13.2. The van der Waals surface area contributed by atoms with Gasteiger partial charge in [-0.15, -0.1) is 24.8 Å². The number of halogens is 2. The SMILES string of the molecule is CC1CN(CCC2CCN(CCC(=O)N3CCNCC3)CC2)CC(C)O1.Cl.Cl. The van der Waals surface area contributed by atoms with Crippen LogP contribution in [0, 0.1) is 5.92 Å². The molecular formula is C20H40Cl2N4O2. The van der Waals surface area contributed by atoms with Crippen LogP contribution < -0.4 is 5.32 Å². The highest BCUT2D eigenvalue weighted by Gasteiger charge is 2.25. The summed E-state index contributed by atoms with van der Waals surface area (Å²) in [6.45, 7) is 14.6. The minimum Gasteiger partial charge on any atom is -0.373 e. The standard InChI is InChI=1S/C20H38N4O2.2ClH/c1-17-15-23(16-18(2)26-17)11-5-19-3-9-22(10-4-19)12-6-20(25)24-13-7-21-8-14-24;;/h17-19,21H,3-16H2,1-2H3;2*1H. The number of amides is 1. The van der Waals surface area contributed by atoms with Crippen LogP contribution in [0.25, 0.3) is 0 Å². The number of piperazine rings is 1. The van der Waals surface area contributed by atoms with Crippen molar-refractivity contribution < 1.29 is 9.53 Å². The first kappa shape index (κ1) is 25.9. The molecule has 2 unspecified atom stereocenters. The molecule has 0 aromatic rings. The normalized spacial score (nSPS) is 27.7. The third kappa shape index (κ3) is 8.33. The molecule has 3 fully saturated rings. The smallest absolute Gasteiger partial charge is 0.223 e. The summed E-state index contributed by atoms with van der Waals surface area (Å²) in [4.78, 5) is 19.4. The van der Waals surface area contributed by atoms with Crippen LogP contribution in [-0.4, -0.2) is 98.3 Å². The minimum absolute atomic E-state index is 0. The fraction of sp³-hybridized carbons (Fsp3) is 0.950. The number of nitrogens with one attached hydrogen (secondary N) is 1. The fourth-order valence-corrected chi connectivity index (χ4v) is 4.66. The first-order valence-electron chi connectivity index (χ1n) is 10.7. The van der Waals surface area contributed by atoms with Gasteiger partial charge >= 0.3 is 0 Å². The molecule has 3 aliphatic rings. The van der Waals surface area contributed by atoms with E-state index in [9.17, 15) is 4.79 Å². The summed E-state index contributed by atoms with van der Waals surface area (Å²) in [6, 6.07) is 0. The summed E-state index contributed by atoms with van der Waals surface area (Å²) in [5, 5.41) is 3.31. The van der Waals surface area contributed by atoms with Gasteiger partial charge in [-0.25, -0.2) is 0 Å². The predicted octanol–water partition coefficient (Wildman–Crippen LogP) is 1.86. The van der Waals surface area contributed by atoms with Crippen molar-refractivity contribution in [1.29, 1.82) is 0 Å². The average molecular weight is 439 g/mol. The Hall–Kier alpha value is -0.110. The zero-order valence-electron chi connectivity index (χ0n) is 17.6. The Morgan fingerprint density at radius 2 is 1.54 bits per heavy atom. The number of rotatable bonds is 6. The Labute approximate surface area is 183 Å². The van der Waals surface area contributed by atoms with E-state index in [4.69, 9.17) is 4.74 Å². The van der Waals surface area contributed by atoms with Gasteiger partial charge in [-0.1, -0.05) is 0 Å². The predicted molar refractivity (Wildman–Crippen MR) is 119 cm³/mol. The Balaban J connectivity index is 0.00000196. The zero-order valence-corrected chi connectivity index (χ0v) is 19.2. The van der Waals surface area contributed by atoms with Gasteiger partial charge in [0.2, 0.25) is 5.91 Å². The van der Waals surface area contributed by atoms with Crippen molar-refractivity contribution in [2.45, 2.75) is 51.7 Å². The summed E-state index contributed by atoms with van der Waals surface area (Å²) < 4.78 is 5.83. The molecular weight excluding hydrogens is 399 g/mol. The molecule has 0 radical (unpaired) electrons. The molecule has 8 heteroatoms. The van der Waals surface area contributed by atoms with Crippen LogP contribution in [0.5, 0.6) is 0 Å². The van der Waals surface area contributed by atoms with Crippen molar-refractivity contribution in [3.8, 4) is 0 Å². The molecule has 28 heavy (non-hydrogen) atoms. The van der Waals surface area contributed by atoms with Crippen LogP contribution in [0.2, 0.25) is 0 Å². The highest BCUT2D eigenvalue weighted by atomic mass is 35.5. The number of hydrogen-bond donors (Lipinski definition) is 1. The van der Waals surface area contributed by atoms with Crippen molar-refractivity contribution >= 4 is 30.7 Å². The Morgan fingerprint density at radius 3 is 2.14 bits per heavy atom. The van der Waals surface area contributed by atoms with E-state index < -0.39 is 0 Å². The second-order valence-corrected chi connectivity index (χ2v) is 8.47. The van der Waals surface area contributed by atoms with Crippen LogP contribution in [0.15, 0.2) is 0 Å². The van der Waals surface area contributed by atoms with Crippen LogP contribution in [-0.2, 0) is 9.53 Å². The zero-order chi connectivity index (χ0) is 18.4. The minimum atomic E-state index is 0. The van der Waals surface area contributed by atoms with Gasteiger partial charge in [-0.05, 0) is 58.7 Å². The molecule has 0 aromatic heterocycles. The van der Waals surface area contributed by atoms with E-state index >= 15 is 0 Å². The quantitative estimate of drug-likeness (QED) is 0.685. The summed E-state index contributed by atoms with van der Waals surface area (Å²) in [5.41, 5.74) is 0. The van der Waals surface area contributed by atoms with Crippen LogP contribution in [0.4, 0.5) is 0 Å². The maximum absolute atomic E-state index is 12.3. The Kier molecular flexibility index (Phi) is 12.3. The number of piperidine rings is 1. The first-order chi connectivity index (χ1) is 12.6. The van der Waals surface area contributed by atoms with Crippen molar-refractivity contribution in [2.24, 2.45) is 5.92 Å². The molecule has 3 saturated heterocycles. The molecule has 1 amide bonds. The van der Waals surface area contributed by atoms with Gasteiger partial charge in [0.05, 0.1) is 12.2 Å². The van der Waals surface area contributed by atoms with Gasteiger partial charge < -0.3 is 19.9 Å². The van der Waals surface area contributed by atoms with E-state index in [0.29, 0.717) is 24.5 Å². The van der Waals surface area contributed by atoms with E-state index in [-0.39, 0.29) is 24.8 Å². The highest BCUT2D eigenvalue weighted by Crippen LogP contribution is 2.22. The monoisotopic (exact) mass is 438 g/mol. The number of morpholine rings is 1. The summed E-state index contributed by atoms with van der Waals surface area (Å²) >= 11 is 0. The van der Waals surface area contributed by atoms with Gasteiger partial charge in [0.25, 0.3) is 0 Å².